The average Bonchev–Trinajstić information content (AvgIpc) is 3.30. The number of likely N-dealkylation sites (tertiary alicyclic amines) is 1. The molecule has 4 rings (SSSR count). The van der Waals surface area contributed by atoms with Crippen molar-refractivity contribution in [3.05, 3.63) is 51.3 Å². The number of fused-ring (bicyclic) bond motifs is 1. The molecular formula is C19H22ClF4N3S. The third-order valence-electron chi connectivity index (χ3n) is 5.62. The predicted octanol–water partition coefficient (Wildman–Crippen LogP) is 4.70. The van der Waals surface area contributed by atoms with Crippen molar-refractivity contribution in [2.75, 3.05) is 19.6 Å². The number of imidazole rings is 1. The first-order valence-electron chi connectivity index (χ1n) is 9.24. The van der Waals surface area contributed by atoms with Gasteiger partial charge in [-0.1, -0.05) is 0 Å². The van der Waals surface area contributed by atoms with Gasteiger partial charge in [0.05, 0.1) is 0 Å². The highest BCUT2D eigenvalue weighted by Crippen LogP contribution is 2.35. The van der Waals surface area contributed by atoms with Gasteiger partial charge in [0.25, 0.3) is 0 Å². The first-order chi connectivity index (χ1) is 12.9. The number of aromatic amines is 1. The van der Waals surface area contributed by atoms with E-state index in [1.165, 1.54) is 0 Å². The molecule has 1 fully saturated rings. The Hall–Kier alpha value is -1.38. The summed E-state index contributed by atoms with van der Waals surface area (Å²) in [5.41, 5.74) is 1.68. The molecule has 28 heavy (non-hydrogen) atoms. The van der Waals surface area contributed by atoms with E-state index in [9.17, 15) is 17.6 Å². The fraction of sp³-hybridized carbons (Fsp3) is 0.526. The van der Waals surface area contributed by atoms with Gasteiger partial charge in [0, 0.05) is 42.5 Å². The van der Waals surface area contributed by atoms with E-state index >= 15 is 0 Å². The topological polar surface area (TPSA) is 24.0 Å². The van der Waals surface area contributed by atoms with Crippen molar-refractivity contribution in [1.29, 1.82) is 0 Å². The van der Waals surface area contributed by atoms with E-state index in [0.29, 0.717) is 30.7 Å². The van der Waals surface area contributed by atoms with Crippen LogP contribution in [0.3, 0.4) is 0 Å². The van der Waals surface area contributed by atoms with Crippen molar-refractivity contribution in [2.24, 2.45) is 0 Å². The van der Waals surface area contributed by atoms with Crippen molar-refractivity contribution in [1.82, 2.24) is 14.5 Å². The van der Waals surface area contributed by atoms with E-state index in [2.05, 4.69) is 9.88 Å². The van der Waals surface area contributed by atoms with Crippen LogP contribution in [0.4, 0.5) is 17.6 Å². The summed E-state index contributed by atoms with van der Waals surface area (Å²) in [6.07, 6.45) is 1.86. The zero-order chi connectivity index (χ0) is 19.1. The van der Waals surface area contributed by atoms with Gasteiger partial charge in [0.2, 0.25) is 0 Å². The summed E-state index contributed by atoms with van der Waals surface area (Å²) in [6, 6.07) is 1.78. The largest absolute Gasteiger partial charge is 0.334 e. The average molecular weight is 436 g/mol. The third kappa shape index (κ3) is 4.00. The summed E-state index contributed by atoms with van der Waals surface area (Å²) in [7, 11) is 0. The molecule has 3 heterocycles. The molecule has 154 valence electrons. The van der Waals surface area contributed by atoms with Gasteiger partial charge >= 0.3 is 0 Å². The number of H-pyrrole nitrogens is 1. The zero-order valence-electron chi connectivity index (χ0n) is 15.2. The normalized spacial score (nSPS) is 21.7. The Morgan fingerprint density at radius 2 is 1.89 bits per heavy atom. The molecular weight excluding hydrogens is 414 g/mol. The summed E-state index contributed by atoms with van der Waals surface area (Å²) in [6.45, 7) is 2.41. The van der Waals surface area contributed by atoms with Gasteiger partial charge in [-0.05, 0) is 56.6 Å². The van der Waals surface area contributed by atoms with Crippen LogP contribution in [-0.2, 0) is 19.4 Å². The molecule has 9 heteroatoms. The number of halogens is 5. The number of aryl methyl sites for hydroxylation is 1. The molecule has 0 bridgehead atoms. The van der Waals surface area contributed by atoms with E-state index in [0.717, 1.165) is 49.5 Å². The molecule has 3 nitrogen and oxygen atoms in total. The number of nitrogens with zero attached hydrogens (tertiary/aromatic N) is 2. The van der Waals surface area contributed by atoms with Gasteiger partial charge in [0.1, 0.15) is 12.0 Å². The standard InChI is InChI=1S/C19H21F4N3S.ClH/c20-12-5-7-25(10-12)6-1-2-15-16-8-11(9-26(16)19(27)24-15)17-13(21)3-4-14(22)18(17)23;/h3-4,11-12H,1-2,5-10H2,(H,24,27);1H/t11-,12+;/m0./s1. The lowest BCUT2D eigenvalue weighted by Crippen LogP contribution is -2.22. The Bertz CT molecular complexity index is 913. The van der Waals surface area contributed by atoms with Crippen LogP contribution in [0.15, 0.2) is 12.1 Å². The Kier molecular flexibility index (Phi) is 6.51. The Labute approximate surface area is 172 Å². The molecule has 0 amide bonds. The lowest BCUT2D eigenvalue weighted by molar-refractivity contribution is 0.285. The minimum Gasteiger partial charge on any atom is -0.334 e. The lowest BCUT2D eigenvalue weighted by atomic mass is 9.95. The van der Waals surface area contributed by atoms with Gasteiger partial charge in [-0.15, -0.1) is 12.4 Å². The monoisotopic (exact) mass is 435 g/mol. The third-order valence-corrected chi connectivity index (χ3v) is 5.95. The van der Waals surface area contributed by atoms with Crippen molar-refractivity contribution < 1.29 is 17.6 Å². The van der Waals surface area contributed by atoms with E-state index in [-0.39, 0.29) is 18.0 Å². The van der Waals surface area contributed by atoms with Crippen LogP contribution in [0, 0.1) is 22.2 Å². The van der Waals surface area contributed by atoms with Crippen LogP contribution in [0.1, 0.15) is 35.7 Å². The van der Waals surface area contributed by atoms with Gasteiger partial charge in [-0.3, -0.25) is 0 Å². The number of aromatic nitrogens is 2. The van der Waals surface area contributed by atoms with Crippen LogP contribution in [0.5, 0.6) is 0 Å². The minimum absolute atomic E-state index is 0. The van der Waals surface area contributed by atoms with Crippen molar-refractivity contribution in [3.63, 3.8) is 0 Å². The summed E-state index contributed by atoms with van der Waals surface area (Å²) in [5.74, 6) is -3.35. The van der Waals surface area contributed by atoms with Crippen molar-refractivity contribution in [2.45, 2.75) is 44.3 Å². The van der Waals surface area contributed by atoms with Crippen LogP contribution >= 0.6 is 24.6 Å². The number of hydrogen-bond acceptors (Lipinski definition) is 2. The molecule has 0 radical (unpaired) electrons. The number of rotatable bonds is 5. The quantitative estimate of drug-likeness (QED) is 0.418. The van der Waals surface area contributed by atoms with Crippen LogP contribution in [0.25, 0.3) is 0 Å². The molecule has 1 saturated heterocycles. The minimum atomic E-state index is -1.11. The maximum atomic E-state index is 14.2. The lowest BCUT2D eigenvalue weighted by Gasteiger charge is -2.14. The SMILES string of the molecule is Cl.Fc1ccc(F)c([C@H]2Cc3c(CCCN4CC[C@@H](F)C4)[nH]c(=S)n3C2)c1F. The molecule has 1 N–H and O–H groups in total. The smallest absolute Gasteiger partial charge is 0.177 e. The highest BCUT2D eigenvalue weighted by molar-refractivity contribution is 7.71. The van der Waals surface area contributed by atoms with Gasteiger partial charge in [-0.25, -0.2) is 17.6 Å². The molecule has 2 aliphatic heterocycles. The van der Waals surface area contributed by atoms with Gasteiger partial charge < -0.3 is 14.5 Å². The molecule has 2 aliphatic rings. The number of hydrogen-bond donors (Lipinski definition) is 1. The molecule has 0 aliphatic carbocycles. The summed E-state index contributed by atoms with van der Waals surface area (Å²) < 4.78 is 57.5. The van der Waals surface area contributed by atoms with E-state index in [1.54, 1.807) is 0 Å². The first kappa shape index (κ1) is 21.3. The molecule has 2 aromatic rings. The number of nitrogens with one attached hydrogen (secondary N) is 1. The Balaban J connectivity index is 0.00000225. The van der Waals surface area contributed by atoms with Crippen LogP contribution in [-0.4, -0.2) is 40.3 Å². The molecule has 1 aromatic carbocycles. The number of benzene rings is 1. The van der Waals surface area contributed by atoms with Crippen LogP contribution < -0.4 is 0 Å². The van der Waals surface area contributed by atoms with E-state index in [4.69, 9.17) is 12.2 Å². The summed E-state index contributed by atoms with van der Waals surface area (Å²) in [5, 5.41) is 0. The van der Waals surface area contributed by atoms with E-state index in [1.807, 2.05) is 4.57 Å². The predicted molar refractivity (Wildman–Crippen MR) is 104 cm³/mol. The molecule has 0 unspecified atom stereocenters. The fourth-order valence-electron chi connectivity index (χ4n) is 4.28. The fourth-order valence-corrected chi connectivity index (χ4v) is 4.59. The molecule has 2 atom stereocenters. The Morgan fingerprint density at radius 3 is 2.61 bits per heavy atom. The number of alkyl halides is 1. The highest BCUT2D eigenvalue weighted by Gasteiger charge is 2.31. The van der Waals surface area contributed by atoms with Gasteiger partial charge in [0.15, 0.2) is 16.4 Å². The van der Waals surface area contributed by atoms with Gasteiger partial charge in [-0.2, -0.15) is 0 Å². The van der Waals surface area contributed by atoms with Crippen LogP contribution in [0.2, 0.25) is 0 Å². The Morgan fingerprint density at radius 1 is 1.14 bits per heavy atom. The first-order valence-corrected chi connectivity index (χ1v) is 9.65. The second-order valence-corrected chi connectivity index (χ2v) is 7.80. The van der Waals surface area contributed by atoms with E-state index < -0.39 is 29.5 Å². The highest BCUT2D eigenvalue weighted by atomic mass is 35.5. The summed E-state index contributed by atoms with van der Waals surface area (Å²) >= 11 is 5.35. The second-order valence-electron chi connectivity index (χ2n) is 7.41. The van der Waals surface area contributed by atoms with Crippen molar-refractivity contribution >= 4 is 24.6 Å². The molecule has 0 spiro atoms. The molecule has 0 saturated carbocycles. The van der Waals surface area contributed by atoms with Crippen molar-refractivity contribution in [3.8, 4) is 0 Å². The summed E-state index contributed by atoms with van der Waals surface area (Å²) in [4.78, 5) is 5.29. The maximum absolute atomic E-state index is 14.2. The zero-order valence-corrected chi connectivity index (χ0v) is 16.8. The maximum Gasteiger partial charge on any atom is 0.177 e. The molecule has 1 aromatic heterocycles. The second kappa shape index (κ2) is 8.55.